The second kappa shape index (κ2) is 11.4. The van der Waals surface area contributed by atoms with Crippen molar-refractivity contribution >= 4 is 35.2 Å². The summed E-state index contributed by atoms with van der Waals surface area (Å²) in [6, 6.07) is 14.5. The van der Waals surface area contributed by atoms with E-state index in [4.69, 9.17) is 16.3 Å². The van der Waals surface area contributed by atoms with Gasteiger partial charge in [0.1, 0.15) is 11.8 Å². The van der Waals surface area contributed by atoms with Crippen LogP contribution < -0.4 is 10.1 Å². The molecule has 2 amide bonds. The smallest absolute Gasteiger partial charge is 0.242 e. The molecule has 1 N–H and O–H groups in total. The minimum atomic E-state index is -0.597. The lowest BCUT2D eigenvalue weighted by Crippen LogP contribution is -2.52. The number of nitrogens with zero attached hydrogens (tertiary/aromatic N) is 1. The first kappa shape index (κ1) is 25.1. The van der Waals surface area contributed by atoms with Crippen LogP contribution in [0.4, 0.5) is 0 Å². The van der Waals surface area contributed by atoms with Crippen molar-refractivity contribution in [1.29, 1.82) is 0 Å². The molecular formula is C24H31ClN2O3S. The average molecular weight is 463 g/mol. The van der Waals surface area contributed by atoms with Crippen molar-refractivity contribution in [3.05, 3.63) is 64.7 Å². The number of carbonyl (C=O) groups is 2. The Kier molecular flexibility index (Phi) is 9.26. The number of rotatable bonds is 9. The predicted molar refractivity (Wildman–Crippen MR) is 129 cm³/mol. The molecule has 0 aliphatic heterocycles. The summed E-state index contributed by atoms with van der Waals surface area (Å²) in [4.78, 5) is 27.5. The van der Waals surface area contributed by atoms with E-state index in [2.05, 4.69) is 5.32 Å². The number of thioether (sulfide) groups is 1. The fourth-order valence-electron chi connectivity index (χ4n) is 2.95. The summed E-state index contributed by atoms with van der Waals surface area (Å²) in [6.45, 7) is 7.89. The molecule has 31 heavy (non-hydrogen) atoms. The highest BCUT2D eigenvalue weighted by atomic mass is 35.5. The highest BCUT2D eigenvalue weighted by molar-refractivity contribution is 7.99. The van der Waals surface area contributed by atoms with Crippen LogP contribution in [-0.4, -0.2) is 41.2 Å². The number of amides is 2. The van der Waals surface area contributed by atoms with Gasteiger partial charge in [-0.3, -0.25) is 9.59 Å². The van der Waals surface area contributed by atoms with Gasteiger partial charge in [0.15, 0.2) is 0 Å². The van der Waals surface area contributed by atoms with Crippen LogP contribution in [0.3, 0.4) is 0 Å². The Morgan fingerprint density at radius 1 is 1.13 bits per heavy atom. The first-order valence-corrected chi connectivity index (χ1v) is 11.7. The summed E-state index contributed by atoms with van der Waals surface area (Å²) in [5.41, 5.74) is 1.62. The molecule has 0 unspecified atom stereocenters. The molecule has 5 nitrogen and oxygen atoms in total. The van der Waals surface area contributed by atoms with Crippen LogP contribution in [0.25, 0.3) is 0 Å². The van der Waals surface area contributed by atoms with E-state index in [1.807, 2.05) is 69.3 Å². The van der Waals surface area contributed by atoms with E-state index in [9.17, 15) is 9.59 Å². The summed E-state index contributed by atoms with van der Waals surface area (Å²) >= 11 is 7.55. The second-order valence-corrected chi connectivity index (χ2v) is 9.83. The number of ether oxygens (including phenoxy) is 1. The molecule has 168 valence electrons. The van der Waals surface area contributed by atoms with Crippen LogP contribution in [0.2, 0.25) is 5.02 Å². The zero-order valence-corrected chi connectivity index (χ0v) is 20.3. The Balaban J connectivity index is 2.10. The number of carbonyl (C=O) groups excluding carboxylic acids is 2. The van der Waals surface area contributed by atoms with E-state index < -0.39 is 6.04 Å². The number of nitrogens with one attached hydrogen (secondary N) is 1. The van der Waals surface area contributed by atoms with Crippen molar-refractivity contribution in [2.75, 3.05) is 12.9 Å². The van der Waals surface area contributed by atoms with Gasteiger partial charge in [0, 0.05) is 22.9 Å². The van der Waals surface area contributed by atoms with E-state index in [-0.39, 0.29) is 23.1 Å². The summed E-state index contributed by atoms with van der Waals surface area (Å²) in [5.74, 6) is 1.44. The van der Waals surface area contributed by atoms with Crippen LogP contribution >= 0.6 is 23.4 Å². The maximum atomic E-state index is 13.1. The van der Waals surface area contributed by atoms with Crippen LogP contribution in [0.15, 0.2) is 48.5 Å². The molecule has 0 aliphatic carbocycles. The van der Waals surface area contributed by atoms with E-state index in [0.717, 1.165) is 16.9 Å². The van der Waals surface area contributed by atoms with Gasteiger partial charge in [-0.1, -0.05) is 35.9 Å². The van der Waals surface area contributed by atoms with Gasteiger partial charge < -0.3 is 15.0 Å². The molecule has 2 rings (SSSR count). The Bertz CT molecular complexity index is 881. The molecule has 0 heterocycles. The lowest BCUT2D eigenvalue weighted by atomic mass is 10.1. The number of hydrogen-bond donors (Lipinski definition) is 1. The fourth-order valence-corrected chi connectivity index (χ4v) is 4.02. The molecule has 7 heteroatoms. The van der Waals surface area contributed by atoms with Crippen LogP contribution in [-0.2, 0) is 21.9 Å². The molecule has 0 saturated heterocycles. The van der Waals surface area contributed by atoms with Crippen molar-refractivity contribution in [3.63, 3.8) is 0 Å². The van der Waals surface area contributed by atoms with E-state index >= 15 is 0 Å². The lowest BCUT2D eigenvalue weighted by Gasteiger charge is -2.31. The largest absolute Gasteiger partial charge is 0.497 e. The molecule has 0 saturated carbocycles. The van der Waals surface area contributed by atoms with Crippen LogP contribution in [0.1, 0.15) is 38.8 Å². The molecule has 1 atom stereocenters. The first-order valence-electron chi connectivity index (χ1n) is 10.2. The molecule has 2 aromatic rings. The Hall–Kier alpha value is -2.18. The quantitative estimate of drug-likeness (QED) is 0.575. The lowest BCUT2D eigenvalue weighted by molar-refractivity contribution is -0.139. The minimum Gasteiger partial charge on any atom is -0.497 e. The van der Waals surface area contributed by atoms with Gasteiger partial charge in [0.25, 0.3) is 0 Å². The number of methoxy groups -OCH3 is 1. The third-order valence-electron chi connectivity index (χ3n) is 4.56. The zero-order valence-electron chi connectivity index (χ0n) is 18.8. The van der Waals surface area contributed by atoms with E-state index in [0.29, 0.717) is 17.3 Å². The van der Waals surface area contributed by atoms with Crippen molar-refractivity contribution < 1.29 is 14.3 Å². The van der Waals surface area contributed by atoms with Gasteiger partial charge in [-0.15, -0.1) is 11.8 Å². The highest BCUT2D eigenvalue weighted by Gasteiger charge is 2.28. The first-order chi connectivity index (χ1) is 14.6. The highest BCUT2D eigenvalue weighted by Crippen LogP contribution is 2.19. The number of halogens is 1. The Morgan fingerprint density at radius 2 is 1.81 bits per heavy atom. The predicted octanol–water partition coefficient (Wildman–Crippen LogP) is 4.91. The molecule has 0 aromatic heterocycles. The third kappa shape index (κ3) is 8.46. The van der Waals surface area contributed by atoms with Gasteiger partial charge in [-0.2, -0.15) is 0 Å². The standard InChI is InChI=1S/C24H31ClN2O3S/c1-17(23(29)26-24(2,3)4)27(14-18-9-11-21(30-5)12-10-18)22(28)16-31-15-19-7-6-8-20(25)13-19/h6-13,17H,14-16H2,1-5H3,(H,26,29)/t17-/m1/s1. The van der Waals surface area contributed by atoms with Gasteiger partial charge in [-0.05, 0) is 63.1 Å². The van der Waals surface area contributed by atoms with Crippen LogP contribution in [0.5, 0.6) is 5.75 Å². The SMILES string of the molecule is COc1ccc(CN(C(=O)CSCc2cccc(Cl)c2)[C@H](C)C(=O)NC(C)(C)C)cc1. The van der Waals surface area contributed by atoms with Crippen molar-refractivity contribution in [3.8, 4) is 5.75 Å². The monoisotopic (exact) mass is 462 g/mol. The minimum absolute atomic E-state index is 0.0839. The molecule has 0 spiro atoms. The molecule has 0 radical (unpaired) electrons. The molecule has 2 aromatic carbocycles. The van der Waals surface area contributed by atoms with Crippen molar-refractivity contribution in [2.45, 2.75) is 51.6 Å². The van der Waals surface area contributed by atoms with Crippen molar-refractivity contribution in [1.82, 2.24) is 10.2 Å². The third-order valence-corrected chi connectivity index (χ3v) is 5.78. The molecule has 0 bridgehead atoms. The summed E-state index contributed by atoms with van der Waals surface area (Å²) in [6.07, 6.45) is 0. The number of benzene rings is 2. The molecule has 0 aliphatic rings. The molecule has 0 fully saturated rings. The van der Waals surface area contributed by atoms with Gasteiger partial charge in [0.05, 0.1) is 12.9 Å². The summed E-state index contributed by atoms with van der Waals surface area (Å²) in [7, 11) is 1.61. The topological polar surface area (TPSA) is 58.6 Å². The zero-order chi connectivity index (χ0) is 23.0. The Morgan fingerprint density at radius 3 is 2.39 bits per heavy atom. The summed E-state index contributed by atoms with van der Waals surface area (Å²) < 4.78 is 5.21. The normalized spacial score (nSPS) is 12.2. The maximum Gasteiger partial charge on any atom is 0.242 e. The fraction of sp³-hybridized carbons (Fsp3) is 0.417. The molecular weight excluding hydrogens is 432 g/mol. The average Bonchev–Trinajstić information content (AvgIpc) is 2.70. The van der Waals surface area contributed by atoms with Crippen LogP contribution in [0, 0.1) is 0 Å². The Labute approximate surface area is 194 Å². The maximum absolute atomic E-state index is 13.1. The second-order valence-electron chi connectivity index (χ2n) is 8.41. The van der Waals surface area contributed by atoms with Crippen molar-refractivity contribution in [2.24, 2.45) is 0 Å². The van der Waals surface area contributed by atoms with Gasteiger partial charge in [-0.25, -0.2) is 0 Å². The number of hydrogen-bond acceptors (Lipinski definition) is 4. The summed E-state index contributed by atoms with van der Waals surface area (Å²) in [5, 5.41) is 3.65. The van der Waals surface area contributed by atoms with E-state index in [1.54, 1.807) is 18.9 Å². The van der Waals surface area contributed by atoms with Gasteiger partial charge in [0.2, 0.25) is 11.8 Å². The van der Waals surface area contributed by atoms with E-state index in [1.165, 1.54) is 11.8 Å². The van der Waals surface area contributed by atoms with Gasteiger partial charge >= 0.3 is 0 Å².